The van der Waals surface area contributed by atoms with Gasteiger partial charge in [-0.25, -0.2) is 4.98 Å². The van der Waals surface area contributed by atoms with Gasteiger partial charge >= 0.3 is 6.01 Å². The summed E-state index contributed by atoms with van der Waals surface area (Å²) in [6.45, 7) is 0.0921. The van der Waals surface area contributed by atoms with Gasteiger partial charge in [-0.1, -0.05) is 66.2 Å². The fourth-order valence-electron chi connectivity index (χ4n) is 4.03. The van der Waals surface area contributed by atoms with Crippen LogP contribution < -0.4 is 4.74 Å². The number of halogens is 1. The number of aromatic amines is 1. The van der Waals surface area contributed by atoms with Crippen LogP contribution in [-0.2, 0) is 0 Å². The average Bonchev–Trinajstić information content (AvgIpc) is 2.89. The van der Waals surface area contributed by atoms with Crippen molar-refractivity contribution in [1.82, 2.24) is 15.0 Å². The van der Waals surface area contributed by atoms with E-state index < -0.39 is 0 Å². The number of hydrogen-bond acceptors (Lipinski definition) is 5. The fourth-order valence-corrected chi connectivity index (χ4v) is 4.25. The number of ether oxygens (including phenoxy) is 1. The lowest BCUT2D eigenvalue weighted by Crippen LogP contribution is -2.47. The van der Waals surface area contributed by atoms with Crippen molar-refractivity contribution in [3.8, 4) is 28.4 Å². The Morgan fingerprint density at radius 2 is 1.62 bits per heavy atom. The zero-order chi connectivity index (χ0) is 22.4. The van der Waals surface area contributed by atoms with Gasteiger partial charge in [0.1, 0.15) is 6.10 Å². The molecule has 1 aliphatic carbocycles. The van der Waals surface area contributed by atoms with E-state index in [9.17, 15) is 10.2 Å². The van der Waals surface area contributed by atoms with Crippen molar-refractivity contribution >= 4 is 11.6 Å². The molecule has 0 radical (unpaired) electrons. The van der Waals surface area contributed by atoms with E-state index >= 15 is 0 Å². The van der Waals surface area contributed by atoms with Crippen molar-refractivity contribution in [3.05, 3.63) is 78.2 Å². The maximum Gasteiger partial charge on any atom is 0.318 e. The first-order valence-electron chi connectivity index (χ1n) is 10.6. The first-order valence-corrected chi connectivity index (χ1v) is 11.0. The highest BCUT2D eigenvalue weighted by atomic mass is 35.5. The van der Waals surface area contributed by atoms with E-state index in [1.807, 2.05) is 30.3 Å². The van der Waals surface area contributed by atoms with Crippen molar-refractivity contribution in [2.75, 3.05) is 13.2 Å². The van der Waals surface area contributed by atoms with Crippen LogP contribution >= 0.6 is 11.6 Å². The normalized spacial score (nSPS) is 19.7. The summed E-state index contributed by atoms with van der Waals surface area (Å²) in [5, 5.41) is 19.3. The topological polar surface area (TPSA) is 91.3 Å². The van der Waals surface area contributed by atoms with Crippen molar-refractivity contribution in [3.63, 3.8) is 0 Å². The van der Waals surface area contributed by atoms with Crippen LogP contribution in [0.2, 0.25) is 5.02 Å². The van der Waals surface area contributed by atoms with E-state index in [1.54, 1.807) is 12.3 Å². The summed E-state index contributed by atoms with van der Waals surface area (Å²) in [4.78, 5) is 11.7. The molecule has 0 saturated heterocycles. The number of aromatic nitrogens is 3. The third-order valence-corrected chi connectivity index (χ3v) is 6.20. The number of aliphatic hydroxyl groups excluding tert-OH is 2. The number of aliphatic hydroxyl groups is 2. The van der Waals surface area contributed by atoms with Gasteiger partial charge in [0.05, 0.1) is 17.0 Å². The van der Waals surface area contributed by atoms with Crippen LogP contribution in [0.1, 0.15) is 19.3 Å². The molecule has 0 atom stereocenters. The molecule has 0 amide bonds. The molecule has 2 aromatic carbocycles. The minimum absolute atomic E-state index is 0.0383. The molecular weight excluding hydrogens is 426 g/mol. The van der Waals surface area contributed by atoms with Crippen LogP contribution in [0.15, 0.2) is 73.2 Å². The number of rotatable bonds is 7. The molecule has 1 aromatic heterocycles. The lowest BCUT2D eigenvalue weighted by molar-refractivity contribution is -0.0663. The number of nitrogens with zero attached hydrogens (tertiary/aromatic N) is 2. The molecule has 1 saturated carbocycles. The van der Waals surface area contributed by atoms with E-state index in [4.69, 9.17) is 16.3 Å². The Morgan fingerprint density at radius 1 is 0.938 bits per heavy atom. The average molecular weight is 452 g/mol. The zero-order valence-electron chi connectivity index (χ0n) is 17.6. The summed E-state index contributed by atoms with van der Waals surface area (Å²) < 4.78 is 5.87. The Kier molecular flexibility index (Phi) is 7.05. The standard InChI is InChI=1S/C25H26ClN3O3/c26-22-10-12-27-24(32-21-14-25(15-21,16-31)11-13-30)29-17-28-23(22)20-8-6-19(7-9-20)18-4-2-1-3-5-18/h1-10,12,17,21,30-31H,11,13-16H2,(H,27,28,29). The second kappa shape index (κ2) is 10.1. The Balaban J connectivity index is 1.52. The molecule has 1 fully saturated rings. The quantitative estimate of drug-likeness (QED) is 0.479. The molecule has 6 nitrogen and oxygen atoms in total. The Labute approximate surface area is 192 Å². The highest BCUT2D eigenvalue weighted by Crippen LogP contribution is 2.44. The Hall–Kier alpha value is -2.93. The number of hydrogen-bond donors (Lipinski definition) is 3. The van der Waals surface area contributed by atoms with E-state index in [2.05, 4.69) is 39.2 Å². The third-order valence-electron chi connectivity index (χ3n) is 5.88. The minimum atomic E-state index is -0.264. The SMILES string of the molecule is OCCC1(CO)CC(Oc2nccc(Cl)c(-c3ccc(-c4ccccc4)cc3)[nH]cn2)C1. The predicted molar refractivity (Wildman–Crippen MR) is 125 cm³/mol. The summed E-state index contributed by atoms with van der Waals surface area (Å²) in [6.07, 6.45) is 4.87. The van der Waals surface area contributed by atoms with Crippen molar-refractivity contribution in [2.45, 2.75) is 25.4 Å². The van der Waals surface area contributed by atoms with Gasteiger partial charge in [0.25, 0.3) is 0 Å². The molecule has 166 valence electrons. The van der Waals surface area contributed by atoms with Gasteiger partial charge in [-0.2, -0.15) is 4.98 Å². The predicted octanol–water partition coefficient (Wildman–Crippen LogP) is 4.82. The first kappa shape index (κ1) is 22.3. The molecule has 4 rings (SSSR count). The van der Waals surface area contributed by atoms with Crippen LogP contribution in [0, 0.1) is 5.41 Å². The fraction of sp³-hybridized carbons (Fsp3) is 0.280. The number of nitrogens with one attached hydrogen (secondary N) is 1. The molecule has 1 heterocycles. The molecule has 0 spiro atoms. The lowest BCUT2D eigenvalue weighted by Gasteiger charge is -2.45. The molecule has 3 aromatic rings. The van der Waals surface area contributed by atoms with Gasteiger partial charge in [-0.3, -0.25) is 0 Å². The lowest BCUT2D eigenvalue weighted by atomic mass is 9.65. The van der Waals surface area contributed by atoms with E-state index in [1.165, 1.54) is 6.33 Å². The van der Waals surface area contributed by atoms with Gasteiger partial charge in [0.2, 0.25) is 0 Å². The van der Waals surface area contributed by atoms with Gasteiger partial charge in [0.15, 0.2) is 0 Å². The van der Waals surface area contributed by atoms with Gasteiger partial charge in [-0.15, -0.1) is 0 Å². The van der Waals surface area contributed by atoms with Crippen molar-refractivity contribution < 1.29 is 14.9 Å². The van der Waals surface area contributed by atoms with Crippen LogP contribution in [0.5, 0.6) is 6.01 Å². The monoisotopic (exact) mass is 451 g/mol. The van der Waals surface area contributed by atoms with E-state index in [0.29, 0.717) is 30.0 Å². The molecule has 7 heteroatoms. The zero-order valence-corrected chi connectivity index (χ0v) is 18.4. The number of H-pyrrole nitrogens is 1. The van der Waals surface area contributed by atoms with E-state index in [-0.39, 0.29) is 30.7 Å². The molecule has 0 aliphatic heterocycles. The van der Waals surface area contributed by atoms with Gasteiger partial charge in [-0.05, 0) is 42.0 Å². The smallest absolute Gasteiger partial charge is 0.318 e. The first-order chi connectivity index (χ1) is 15.6. The summed E-state index contributed by atoms with van der Waals surface area (Å²) in [5.41, 5.74) is 3.65. The summed E-state index contributed by atoms with van der Waals surface area (Å²) in [5.74, 6) is 0. The van der Waals surface area contributed by atoms with Gasteiger partial charge in [0, 0.05) is 24.8 Å². The molecule has 0 unspecified atom stereocenters. The van der Waals surface area contributed by atoms with Crippen LogP contribution in [0.3, 0.4) is 0 Å². The summed E-state index contributed by atoms with van der Waals surface area (Å²) >= 11 is 6.51. The molecular formula is C25H26ClN3O3. The highest BCUT2D eigenvalue weighted by Gasteiger charge is 2.45. The molecule has 1 aliphatic rings. The maximum atomic E-state index is 9.59. The second-order valence-electron chi connectivity index (χ2n) is 8.08. The largest absolute Gasteiger partial charge is 0.460 e. The number of benzene rings is 2. The molecule has 32 heavy (non-hydrogen) atoms. The molecule has 0 bridgehead atoms. The van der Waals surface area contributed by atoms with Crippen LogP contribution in [0.4, 0.5) is 0 Å². The third kappa shape index (κ3) is 5.10. The Bertz CT molecular complexity index is 1080. The minimum Gasteiger partial charge on any atom is -0.460 e. The second-order valence-corrected chi connectivity index (χ2v) is 8.48. The van der Waals surface area contributed by atoms with Crippen LogP contribution in [-0.4, -0.2) is 44.5 Å². The van der Waals surface area contributed by atoms with Gasteiger partial charge < -0.3 is 19.9 Å². The summed E-state index contributed by atoms with van der Waals surface area (Å²) in [6, 6.07) is 20.2. The maximum absolute atomic E-state index is 9.59. The summed E-state index contributed by atoms with van der Waals surface area (Å²) in [7, 11) is 0. The van der Waals surface area contributed by atoms with Crippen molar-refractivity contribution in [1.29, 1.82) is 0 Å². The van der Waals surface area contributed by atoms with E-state index in [0.717, 1.165) is 16.7 Å². The highest BCUT2D eigenvalue weighted by molar-refractivity contribution is 6.32. The van der Waals surface area contributed by atoms with Crippen LogP contribution in [0.25, 0.3) is 22.4 Å². The Morgan fingerprint density at radius 3 is 2.31 bits per heavy atom. The van der Waals surface area contributed by atoms with Crippen molar-refractivity contribution in [2.24, 2.45) is 5.41 Å². The molecule has 3 N–H and O–H groups in total.